The second-order valence-corrected chi connectivity index (χ2v) is 5.89. The van der Waals surface area contributed by atoms with Crippen LogP contribution in [0.5, 0.6) is 0 Å². The first kappa shape index (κ1) is 14.9. The number of aryl methyl sites for hydroxylation is 1. The van der Waals surface area contributed by atoms with Gasteiger partial charge in [-0.3, -0.25) is 4.90 Å². The Balaban J connectivity index is 1.94. The Morgan fingerprint density at radius 1 is 1.30 bits per heavy atom. The van der Waals surface area contributed by atoms with E-state index < -0.39 is 0 Å². The number of nitrogens with one attached hydrogen (secondary N) is 1. The molecule has 1 heterocycles. The summed E-state index contributed by atoms with van der Waals surface area (Å²) < 4.78 is 4.05. The Hall–Kier alpha value is -1.46. The van der Waals surface area contributed by atoms with Gasteiger partial charge in [0.05, 0.1) is 0 Å². The van der Waals surface area contributed by atoms with Crippen LogP contribution >= 0.6 is 11.5 Å². The highest BCUT2D eigenvalue weighted by Crippen LogP contribution is 2.19. The predicted molar refractivity (Wildman–Crippen MR) is 85.0 cm³/mol. The molecule has 0 unspecified atom stereocenters. The number of hydrogen-bond donors (Lipinski definition) is 1. The van der Waals surface area contributed by atoms with Gasteiger partial charge in [-0.15, -0.1) is 5.10 Å². The van der Waals surface area contributed by atoms with Gasteiger partial charge in [-0.1, -0.05) is 41.2 Å². The fourth-order valence-electron chi connectivity index (χ4n) is 2.12. The van der Waals surface area contributed by atoms with Gasteiger partial charge in [0.25, 0.3) is 0 Å². The molecule has 2 rings (SSSR count). The number of nitrogens with zero attached hydrogens (tertiary/aromatic N) is 3. The van der Waals surface area contributed by atoms with Crippen molar-refractivity contribution in [3.8, 4) is 0 Å². The largest absolute Gasteiger partial charge is 0.374 e. The Morgan fingerprint density at radius 2 is 2.15 bits per heavy atom. The third-order valence-electron chi connectivity index (χ3n) is 3.05. The van der Waals surface area contributed by atoms with Crippen LogP contribution in [0.25, 0.3) is 0 Å². The molecule has 0 atom stereocenters. The van der Waals surface area contributed by atoms with Crippen LogP contribution < -0.4 is 5.32 Å². The smallest absolute Gasteiger partial charge is 0.134 e. The summed E-state index contributed by atoms with van der Waals surface area (Å²) >= 11 is 1.44. The third-order valence-corrected chi connectivity index (χ3v) is 3.77. The first-order chi connectivity index (χ1) is 9.69. The van der Waals surface area contributed by atoms with E-state index in [0.717, 1.165) is 36.8 Å². The van der Waals surface area contributed by atoms with E-state index in [1.807, 2.05) is 0 Å². The molecular weight excluding hydrogens is 268 g/mol. The minimum Gasteiger partial charge on any atom is -0.374 e. The molecule has 0 radical (unpaired) electrons. The zero-order valence-corrected chi connectivity index (χ0v) is 13.2. The molecule has 1 aromatic carbocycles. The molecule has 0 spiro atoms. The van der Waals surface area contributed by atoms with Gasteiger partial charge in [-0.05, 0) is 26.0 Å². The van der Waals surface area contributed by atoms with Gasteiger partial charge in [0.15, 0.2) is 0 Å². The Bertz CT molecular complexity index is 538. The van der Waals surface area contributed by atoms with Gasteiger partial charge in [-0.25, -0.2) is 0 Å². The summed E-state index contributed by atoms with van der Waals surface area (Å²) in [6.45, 7) is 6.99. The molecule has 0 fully saturated rings. The number of benzene rings is 1. The van der Waals surface area contributed by atoms with E-state index in [4.69, 9.17) is 0 Å². The third kappa shape index (κ3) is 4.28. The minimum absolute atomic E-state index is 0.816. The fraction of sp³-hybridized carbons (Fsp3) is 0.467. The van der Waals surface area contributed by atoms with Gasteiger partial charge >= 0.3 is 0 Å². The summed E-state index contributed by atoms with van der Waals surface area (Å²) in [4.78, 5) is 2.27. The average Bonchev–Trinajstić information content (AvgIpc) is 2.83. The van der Waals surface area contributed by atoms with E-state index in [1.165, 1.54) is 22.7 Å². The highest BCUT2D eigenvalue weighted by molar-refractivity contribution is 7.10. The average molecular weight is 290 g/mol. The van der Waals surface area contributed by atoms with Crippen LogP contribution in [-0.4, -0.2) is 28.1 Å². The number of rotatable bonds is 7. The van der Waals surface area contributed by atoms with E-state index in [0.29, 0.717) is 0 Å². The van der Waals surface area contributed by atoms with Crippen molar-refractivity contribution in [2.75, 3.05) is 18.9 Å². The molecule has 1 N–H and O–H groups in total. The first-order valence-electron chi connectivity index (χ1n) is 6.98. The summed E-state index contributed by atoms with van der Waals surface area (Å²) in [6, 6.07) is 8.63. The van der Waals surface area contributed by atoms with Crippen LogP contribution in [0.3, 0.4) is 0 Å². The Morgan fingerprint density at radius 3 is 2.90 bits per heavy atom. The quantitative estimate of drug-likeness (QED) is 0.849. The zero-order valence-electron chi connectivity index (χ0n) is 12.4. The van der Waals surface area contributed by atoms with Crippen molar-refractivity contribution in [3.05, 3.63) is 41.1 Å². The van der Waals surface area contributed by atoms with Gasteiger partial charge in [0, 0.05) is 31.2 Å². The fourth-order valence-corrected chi connectivity index (χ4v) is 2.72. The maximum Gasteiger partial charge on any atom is 0.134 e. The molecule has 20 heavy (non-hydrogen) atoms. The normalized spacial score (nSPS) is 11.0. The lowest BCUT2D eigenvalue weighted by atomic mass is 10.1. The van der Waals surface area contributed by atoms with Gasteiger partial charge < -0.3 is 5.32 Å². The lowest BCUT2D eigenvalue weighted by Gasteiger charge is -2.16. The van der Waals surface area contributed by atoms with E-state index in [1.54, 1.807) is 0 Å². The second kappa shape index (κ2) is 7.36. The van der Waals surface area contributed by atoms with Gasteiger partial charge in [-0.2, -0.15) is 0 Å². The minimum atomic E-state index is 0.816. The number of aromatic nitrogens is 2. The molecule has 1 aromatic heterocycles. The molecule has 0 aliphatic carbocycles. The van der Waals surface area contributed by atoms with Crippen LogP contribution in [0.1, 0.15) is 30.2 Å². The highest BCUT2D eigenvalue weighted by atomic mass is 32.1. The standard InChI is InChI=1S/C15H22N4S/c1-4-8-16-15-14(17-18-20-15)11-19(3)10-13-7-5-6-12(2)9-13/h5-7,9,16H,4,8,10-11H2,1-3H3. The Labute approximate surface area is 125 Å². The molecule has 4 nitrogen and oxygen atoms in total. The van der Waals surface area contributed by atoms with Crippen molar-refractivity contribution in [1.82, 2.24) is 14.5 Å². The highest BCUT2D eigenvalue weighted by Gasteiger charge is 2.10. The van der Waals surface area contributed by atoms with E-state index in [9.17, 15) is 0 Å². The summed E-state index contributed by atoms with van der Waals surface area (Å²) in [5.74, 6) is 0. The molecule has 0 aliphatic rings. The van der Waals surface area contributed by atoms with Crippen LogP contribution in [0.4, 0.5) is 5.00 Å². The van der Waals surface area contributed by atoms with Crippen molar-refractivity contribution < 1.29 is 0 Å². The molecule has 0 saturated heterocycles. The van der Waals surface area contributed by atoms with Gasteiger partial charge in [0.2, 0.25) is 0 Å². The number of hydrogen-bond acceptors (Lipinski definition) is 5. The molecule has 0 aliphatic heterocycles. The van der Waals surface area contributed by atoms with Gasteiger partial charge in [0.1, 0.15) is 10.7 Å². The summed E-state index contributed by atoms with van der Waals surface area (Å²) in [7, 11) is 2.12. The summed E-state index contributed by atoms with van der Waals surface area (Å²) in [5, 5.41) is 8.72. The molecule has 108 valence electrons. The lowest BCUT2D eigenvalue weighted by Crippen LogP contribution is -2.18. The molecular formula is C15H22N4S. The molecule has 5 heteroatoms. The number of anilines is 1. The lowest BCUT2D eigenvalue weighted by molar-refractivity contribution is 0.315. The SMILES string of the molecule is CCCNc1snnc1CN(C)Cc1cccc(C)c1. The van der Waals surface area contributed by atoms with E-state index in [2.05, 4.69) is 65.0 Å². The van der Waals surface area contributed by atoms with Crippen molar-refractivity contribution in [3.63, 3.8) is 0 Å². The van der Waals surface area contributed by atoms with Crippen molar-refractivity contribution >= 4 is 16.5 Å². The summed E-state index contributed by atoms with van der Waals surface area (Å²) in [6.07, 6.45) is 1.11. The van der Waals surface area contributed by atoms with Crippen LogP contribution in [0.2, 0.25) is 0 Å². The Kier molecular flexibility index (Phi) is 5.49. The van der Waals surface area contributed by atoms with Crippen LogP contribution in [-0.2, 0) is 13.1 Å². The summed E-state index contributed by atoms with van der Waals surface area (Å²) in [5.41, 5.74) is 3.67. The van der Waals surface area contributed by atoms with E-state index in [-0.39, 0.29) is 0 Å². The maximum absolute atomic E-state index is 4.23. The van der Waals surface area contributed by atoms with Crippen molar-refractivity contribution in [2.24, 2.45) is 0 Å². The molecule has 0 amide bonds. The second-order valence-electron chi connectivity index (χ2n) is 5.14. The monoisotopic (exact) mass is 290 g/mol. The predicted octanol–water partition coefficient (Wildman–Crippen LogP) is 3.30. The molecule has 0 saturated carbocycles. The maximum atomic E-state index is 4.23. The van der Waals surface area contributed by atoms with E-state index >= 15 is 0 Å². The molecule has 2 aromatic rings. The zero-order chi connectivity index (χ0) is 14.4. The molecule has 0 bridgehead atoms. The topological polar surface area (TPSA) is 41.1 Å². The van der Waals surface area contributed by atoms with Crippen molar-refractivity contribution in [1.29, 1.82) is 0 Å². The van der Waals surface area contributed by atoms with Crippen molar-refractivity contribution in [2.45, 2.75) is 33.4 Å². The van der Waals surface area contributed by atoms with Crippen LogP contribution in [0, 0.1) is 6.92 Å². The van der Waals surface area contributed by atoms with Crippen LogP contribution in [0.15, 0.2) is 24.3 Å². The first-order valence-corrected chi connectivity index (χ1v) is 7.75.